The maximum absolute atomic E-state index is 12.3. The molecule has 0 aromatic heterocycles. The average Bonchev–Trinajstić information content (AvgIpc) is 2.36. The van der Waals surface area contributed by atoms with E-state index in [9.17, 15) is 13.9 Å². The SMILES string of the molecule is CC1(C)C(O)CC1NCc1cc(Cl)ccc1OC(F)F. The first-order valence-corrected chi connectivity index (χ1v) is 6.83. The summed E-state index contributed by atoms with van der Waals surface area (Å²) in [7, 11) is 0. The van der Waals surface area contributed by atoms with Gasteiger partial charge in [0.05, 0.1) is 6.10 Å². The zero-order valence-electron chi connectivity index (χ0n) is 11.4. The number of ether oxygens (including phenoxy) is 1. The van der Waals surface area contributed by atoms with Crippen molar-refractivity contribution in [1.29, 1.82) is 0 Å². The molecule has 0 amide bonds. The van der Waals surface area contributed by atoms with Gasteiger partial charge < -0.3 is 15.2 Å². The summed E-state index contributed by atoms with van der Waals surface area (Å²) in [4.78, 5) is 0. The third-order valence-corrected chi connectivity index (χ3v) is 4.23. The third kappa shape index (κ3) is 3.22. The van der Waals surface area contributed by atoms with Crippen LogP contribution in [0.5, 0.6) is 5.75 Å². The van der Waals surface area contributed by atoms with Gasteiger partial charge in [0.2, 0.25) is 0 Å². The summed E-state index contributed by atoms with van der Waals surface area (Å²) in [5.74, 6) is 0.120. The number of hydrogen-bond donors (Lipinski definition) is 2. The zero-order valence-corrected chi connectivity index (χ0v) is 12.1. The minimum absolute atomic E-state index is 0.120. The molecule has 0 saturated heterocycles. The van der Waals surface area contributed by atoms with Crippen LogP contribution in [0.25, 0.3) is 0 Å². The molecule has 2 rings (SSSR count). The van der Waals surface area contributed by atoms with Crippen LogP contribution in [0.2, 0.25) is 5.02 Å². The Morgan fingerprint density at radius 1 is 1.50 bits per heavy atom. The van der Waals surface area contributed by atoms with Crippen LogP contribution < -0.4 is 10.1 Å². The molecule has 0 heterocycles. The molecule has 0 aliphatic heterocycles. The molecular weight excluding hydrogens is 288 g/mol. The van der Waals surface area contributed by atoms with Crippen molar-refractivity contribution in [2.75, 3.05) is 0 Å². The summed E-state index contributed by atoms with van der Waals surface area (Å²) >= 11 is 5.88. The molecule has 1 aromatic carbocycles. The van der Waals surface area contributed by atoms with Crippen molar-refractivity contribution in [3.05, 3.63) is 28.8 Å². The molecule has 6 heteroatoms. The molecule has 2 N–H and O–H groups in total. The Hall–Kier alpha value is -0.910. The van der Waals surface area contributed by atoms with Gasteiger partial charge in [-0.05, 0) is 24.6 Å². The summed E-state index contributed by atoms with van der Waals surface area (Å²) in [6, 6.07) is 4.69. The number of nitrogens with one attached hydrogen (secondary N) is 1. The molecule has 1 aliphatic rings. The summed E-state index contributed by atoms with van der Waals surface area (Å²) in [5.41, 5.74) is 0.359. The Morgan fingerprint density at radius 2 is 2.20 bits per heavy atom. The zero-order chi connectivity index (χ0) is 14.9. The molecule has 0 bridgehead atoms. The van der Waals surface area contributed by atoms with E-state index in [1.54, 1.807) is 6.07 Å². The molecule has 0 radical (unpaired) electrons. The molecule has 20 heavy (non-hydrogen) atoms. The fraction of sp³-hybridized carbons (Fsp3) is 0.571. The van der Waals surface area contributed by atoms with Gasteiger partial charge in [-0.25, -0.2) is 0 Å². The molecule has 2 atom stereocenters. The second-order valence-corrected chi connectivity index (χ2v) is 6.07. The standard InChI is InChI=1S/C14H18ClF2NO2/c1-14(2)11(6-12(14)19)18-7-8-5-9(15)3-4-10(8)20-13(16)17/h3-5,11-13,18-19H,6-7H2,1-2H3. The lowest BCUT2D eigenvalue weighted by Crippen LogP contribution is -2.59. The van der Waals surface area contributed by atoms with Crippen molar-refractivity contribution < 1.29 is 18.6 Å². The van der Waals surface area contributed by atoms with Gasteiger partial charge in [0, 0.05) is 28.6 Å². The van der Waals surface area contributed by atoms with Gasteiger partial charge >= 0.3 is 6.61 Å². The summed E-state index contributed by atoms with van der Waals surface area (Å²) in [6.45, 7) is 1.43. The van der Waals surface area contributed by atoms with E-state index in [-0.39, 0.29) is 23.3 Å². The molecule has 0 spiro atoms. The summed E-state index contributed by atoms with van der Waals surface area (Å²) < 4.78 is 29.2. The van der Waals surface area contributed by atoms with E-state index in [1.165, 1.54) is 12.1 Å². The van der Waals surface area contributed by atoms with Crippen LogP contribution in [-0.4, -0.2) is 23.9 Å². The lowest BCUT2D eigenvalue weighted by atomic mass is 9.64. The third-order valence-electron chi connectivity index (χ3n) is 3.99. The topological polar surface area (TPSA) is 41.5 Å². The number of benzene rings is 1. The monoisotopic (exact) mass is 305 g/mol. The Kier molecular flexibility index (Phi) is 4.52. The van der Waals surface area contributed by atoms with Crippen molar-refractivity contribution in [3.8, 4) is 5.75 Å². The summed E-state index contributed by atoms with van der Waals surface area (Å²) in [5, 5.41) is 13.4. The minimum atomic E-state index is -2.86. The maximum atomic E-state index is 12.3. The van der Waals surface area contributed by atoms with E-state index in [0.29, 0.717) is 23.6 Å². The van der Waals surface area contributed by atoms with Crippen LogP contribution in [0.3, 0.4) is 0 Å². The van der Waals surface area contributed by atoms with Gasteiger partial charge in [-0.1, -0.05) is 25.4 Å². The first-order valence-electron chi connectivity index (χ1n) is 6.45. The second-order valence-electron chi connectivity index (χ2n) is 5.64. The number of hydrogen-bond acceptors (Lipinski definition) is 3. The van der Waals surface area contributed by atoms with Gasteiger partial charge in [-0.3, -0.25) is 0 Å². The average molecular weight is 306 g/mol. The number of alkyl halides is 2. The first-order chi connectivity index (χ1) is 9.30. The molecule has 2 unspecified atom stereocenters. The molecule has 1 aromatic rings. The van der Waals surface area contributed by atoms with Gasteiger partial charge in [0.1, 0.15) is 5.75 Å². The van der Waals surface area contributed by atoms with E-state index in [2.05, 4.69) is 10.1 Å². The van der Waals surface area contributed by atoms with E-state index < -0.39 is 6.61 Å². The van der Waals surface area contributed by atoms with Crippen molar-refractivity contribution in [1.82, 2.24) is 5.32 Å². The fourth-order valence-corrected chi connectivity index (χ4v) is 2.57. The Bertz CT molecular complexity index is 482. The molecule has 3 nitrogen and oxygen atoms in total. The van der Waals surface area contributed by atoms with Crippen LogP contribution in [0.15, 0.2) is 18.2 Å². The van der Waals surface area contributed by atoms with Crippen LogP contribution in [0.1, 0.15) is 25.8 Å². The molecule has 1 aliphatic carbocycles. The lowest BCUT2D eigenvalue weighted by molar-refractivity contribution is -0.0733. The number of aliphatic hydroxyl groups is 1. The molecular formula is C14H18ClF2NO2. The highest BCUT2D eigenvalue weighted by atomic mass is 35.5. The van der Waals surface area contributed by atoms with Crippen LogP contribution in [0.4, 0.5) is 8.78 Å². The fourth-order valence-electron chi connectivity index (χ4n) is 2.38. The van der Waals surface area contributed by atoms with E-state index in [4.69, 9.17) is 11.6 Å². The van der Waals surface area contributed by atoms with Crippen molar-refractivity contribution >= 4 is 11.6 Å². The van der Waals surface area contributed by atoms with Gasteiger partial charge in [-0.2, -0.15) is 8.78 Å². The van der Waals surface area contributed by atoms with Gasteiger partial charge in [-0.15, -0.1) is 0 Å². The minimum Gasteiger partial charge on any atom is -0.434 e. The number of aliphatic hydroxyl groups excluding tert-OH is 1. The Labute approximate surface area is 121 Å². The van der Waals surface area contributed by atoms with Crippen LogP contribution in [-0.2, 0) is 6.54 Å². The van der Waals surface area contributed by atoms with E-state index in [1.807, 2.05) is 13.8 Å². The van der Waals surface area contributed by atoms with E-state index >= 15 is 0 Å². The predicted molar refractivity (Wildman–Crippen MR) is 73.1 cm³/mol. The highest BCUT2D eigenvalue weighted by Gasteiger charge is 2.46. The molecule has 112 valence electrons. The highest BCUT2D eigenvalue weighted by Crippen LogP contribution is 2.40. The quantitative estimate of drug-likeness (QED) is 0.878. The lowest BCUT2D eigenvalue weighted by Gasteiger charge is -2.49. The molecule has 1 saturated carbocycles. The van der Waals surface area contributed by atoms with Crippen molar-refractivity contribution in [2.45, 2.75) is 45.6 Å². The van der Waals surface area contributed by atoms with Crippen LogP contribution in [0, 0.1) is 5.41 Å². The smallest absolute Gasteiger partial charge is 0.387 e. The van der Waals surface area contributed by atoms with Crippen molar-refractivity contribution in [2.24, 2.45) is 5.41 Å². The summed E-state index contributed by atoms with van der Waals surface area (Å²) in [6.07, 6.45) is 0.314. The largest absolute Gasteiger partial charge is 0.434 e. The highest BCUT2D eigenvalue weighted by molar-refractivity contribution is 6.30. The first kappa shape index (κ1) is 15.5. The molecule has 1 fully saturated rings. The number of halogens is 3. The van der Waals surface area contributed by atoms with Crippen LogP contribution >= 0.6 is 11.6 Å². The van der Waals surface area contributed by atoms with Gasteiger partial charge in [0.25, 0.3) is 0 Å². The Balaban J connectivity index is 2.03. The Morgan fingerprint density at radius 3 is 2.75 bits per heavy atom. The second kappa shape index (κ2) is 5.84. The predicted octanol–water partition coefficient (Wildman–Crippen LogP) is 3.19. The maximum Gasteiger partial charge on any atom is 0.387 e. The normalized spacial score (nSPS) is 24.6. The van der Waals surface area contributed by atoms with E-state index in [0.717, 1.165) is 0 Å². The van der Waals surface area contributed by atoms with Crippen molar-refractivity contribution in [3.63, 3.8) is 0 Å². The van der Waals surface area contributed by atoms with Gasteiger partial charge in [0.15, 0.2) is 0 Å². The number of rotatable bonds is 5.